The quantitative estimate of drug-likeness (QED) is 0.868. The molecule has 0 aliphatic carbocycles. The Balaban J connectivity index is 1.89. The Morgan fingerprint density at radius 1 is 1.32 bits per heavy atom. The molecule has 3 rings (SSSR count). The van der Waals surface area contributed by atoms with Gasteiger partial charge >= 0.3 is 0 Å². The van der Waals surface area contributed by atoms with Gasteiger partial charge in [0, 0.05) is 23.5 Å². The van der Waals surface area contributed by atoms with Crippen LogP contribution < -0.4 is 5.32 Å². The summed E-state index contributed by atoms with van der Waals surface area (Å²) in [5, 5.41) is 15.0. The van der Waals surface area contributed by atoms with Crippen LogP contribution in [0.3, 0.4) is 0 Å². The predicted octanol–water partition coefficient (Wildman–Crippen LogP) is 2.58. The zero-order valence-corrected chi connectivity index (χ0v) is 11.3. The van der Waals surface area contributed by atoms with Gasteiger partial charge < -0.3 is 10.4 Å². The first kappa shape index (κ1) is 12.6. The van der Waals surface area contributed by atoms with Gasteiger partial charge in [-0.05, 0) is 50.1 Å². The standard InChI is InChI=1S/C16H20N2O/c1-11-4-5-12-9-13(6-7-15(12)18-11)16(19)14-3-2-8-17-10-14/h4-7,9,14,16-17,19H,2-3,8,10H2,1H3. The molecule has 1 aromatic carbocycles. The molecule has 2 atom stereocenters. The SMILES string of the molecule is Cc1ccc2cc(C(O)C3CCCNC3)ccc2n1. The number of nitrogens with zero attached hydrogens (tertiary/aromatic N) is 1. The third-order valence-electron chi connectivity index (χ3n) is 3.98. The van der Waals surface area contributed by atoms with Crippen molar-refractivity contribution < 1.29 is 5.11 Å². The maximum Gasteiger partial charge on any atom is 0.0830 e. The molecule has 0 spiro atoms. The molecule has 2 aromatic rings. The Bertz CT molecular complexity index is 576. The van der Waals surface area contributed by atoms with Crippen molar-refractivity contribution in [2.24, 2.45) is 5.92 Å². The van der Waals surface area contributed by atoms with Crippen molar-refractivity contribution in [3.05, 3.63) is 41.6 Å². The van der Waals surface area contributed by atoms with Gasteiger partial charge in [0.1, 0.15) is 0 Å². The Kier molecular flexibility index (Phi) is 3.49. The van der Waals surface area contributed by atoms with Crippen molar-refractivity contribution in [2.45, 2.75) is 25.9 Å². The van der Waals surface area contributed by atoms with E-state index in [0.717, 1.165) is 48.1 Å². The Hall–Kier alpha value is -1.45. The van der Waals surface area contributed by atoms with Gasteiger partial charge in [-0.25, -0.2) is 0 Å². The number of hydrogen-bond donors (Lipinski definition) is 2. The smallest absolute Gasteiger partial charge is 0.0830 e. The summed E-state index contributed by atoms with van der Waals surface area (Å²) >= 11 is 0. The average molecular weight is 256 g/mol. The molecule has 2 N–H and O–H groups in total. The molecule has 100 valence electrons. The average Bonchev–Trinajstić information content (AvgIpc) is 2.47. The van der Waals surface area contributed by atoms with Crippen LogP contribution in [0, 0.1) is 12.8 Å². The fraction of sp³-hybridized carbons (Fsp3) is 0.438. The lowest BCUT2D eigenvalue weighted by Gasteiger charge is -2.27. The van der Waals surface area contributed by atoms with Crippen LogP contribution in [-0.2, 0) is 0 Å². The van der Waals surface area contributed by atoms with E-state index in [1.54, 1.807) is 0 Å². The summed E-state index contributed by atoms with van der Waals surface area (Å²) in [6.07, 6.45) is 1.87. The monoisotopic (exact) mass is 256 g/mol. The second kappa shape index (κ2) is 5.27. The second-order valence-electron chi connectivity index (χ2n) is 5.46. The summed E-state index contributed by atoms with van der Waals surface area (Å²) in [6.45, 7) is 3.98. The van der Waals surface area contributed by atoms with Crippen molar-refractivity contribution >= 4 is 10.9 Å². The van der Waals surface area contributed by atoms with Gasteiger partial charge in [0.25, 0.3) is 0 Å². The van der Waals surface area contributed by atoms with Gasteiger partial charge in [0.15, 0.2) is 0 Å². The molecule has 1 fully saturated rings. The van der Waals surface area contributed by atoms with Crippen LogP contribution in [0.25, 0.3) is 10.9 Å². The number of hydrogen-bond acceptors (Lipinski definition) is 3. The molecule has 2 heterocycles. The number of pyridine rings is 1. The van der Waals surface area contributed by atoms with Crippen molar-refractivity contribution in [1.82, 2.24) is 10.3 Å². The highest BCUT2D eigenvalue weighted by Crippen LogP contribution is 2.28. The molecule has 3 nitrogen and oxygen atoms in total. The van der Waals surface area contributed by atoms with E-state index in [4.69, 9.17) is 0 Å². The first-order chi connectivity index (χ1) is 9.24. The van der Waals surface area contributed by atoms with Crippen LogP contribution >= 0.6 is 0 Å². The fourth-order valence-corrected chi connectivity index (χ4v) is 2.85. The van der Waals surface area contributed by atoms with Crippen molar-refractivity contribution in [3.63, 3.8) is 0 Å². The highest BCUT2D eigenvalue weighted by Gasteiger charge is 2.22. The molecule has 0 amide bonds. The minimum atomic E-state index is -0.376. The minimum Gasteiger partial charge on any atom is -0.388 e. The van der Waals surface area contributed by atoms with Gasteiger partial charge in [-0.15, -0.1) is 0 Å². The Morgan fingerprint density at radius 2 is 2.21 bits per heavy atom. The summed E-state index contributed by atoms with van der Waals surface area (Å²) in [6, 6.07) is 10.2. The van der Waals surface area contributed by atoms with E-state index in [1.165, 1.54) is 0 Å². The fourth-order valence-electron chi connectivity index (χ4n) is 2.85. The first-order valence-electron chi connectivity index (χ1n) is 7.00. The third kappa shape index (κ3) is 2.62. The number of aromatic nitrogens is 1. The van der Waals surface area contributed by atoms with Crippen LogP contribution in [-0.4, -0.2) is 23.2 Å². The summed E-state index contributed by atoms with van der Waals surface area (Å²) in [7, 11) is 0. The Labute approximate surface area is 113 Å². The molecule has 1 aromatic heterocycles. The zero-order chi connectivity index (χ0) is 13.2. The highest BCUT2D eigenvalue weighted by molar-refractivity contribution is 5.79. The van der Waals surface area contributed by atoms with Gasteiger partial charge in [0.05, 0.1) is 11.6 Å². The van der Waals surface area contributed by atoms with Crippen molar-refractivity contribution in [3.8, 4) is 0 Å². The topological polar surface area (TPSA) is 45.1 Å². The minimum absolute atomic E-state index is 0.324. The van der Waals surface area contributed by atoms with Crippen LogP contribution in [0.2, 0.25) is 0 Å². The lowest BCUT2D eigenvalue weighted by molar-refractivity contribution is 0.0923. The molecule has 19 heavy (non-hydrogen) atoms. The summed E-state index contributed by atoms with van der Waals surface area (Å²) in [4.78, 5) is 4.49. The number of nitrogens with one attached hydrogen (secondary N) is 1. The van der Waals surface area contributed by atoms with Gasteiger partial charge in [-0.3, -0.25) is 4.98 Å². The van der Waals surface area contributed by atoms with Crippen LogP contribution in [0.1, 0.15) is 30.2 Å². The molecule has 1 saturated heterocycles. The summed E-state index contributed by atoms with van der Waals surface area (Å²) < 4.78 is 0. The van der Waals surface area contributed by atoms with E-state index in [9.17, 15) is 5.11 Å². The molecule has 1 aliphatic rings. The highest BCUT2D eigenvalue weighted by atomic mass is 16.3. The van der Waals surface area contributed by atoms with Crippen molar-refractivity contribution in [1.29, 1.82) is 0 Å². The number of aliphatic hydroxyl groups is 1. The lowest BCUT2D eigenvalue weighted by atomic mass is 9.89. The van der Waals surface area contributed by atoms with E-state index in [-0.39, 0.29) is 6.10 Å². The van der Waals surface area contributed by atoms with Gasteiger partial charge in [-0.1, -0.05) is 12.1 Å². The van der Waals surface area contributed by atoms with Crippen LogP contribution in [0.4, 0.5) is 0 Å². The second-order valence-corrected chi connectivity index (χ2v) is 5.46. The Morgan fingerprint density at radius 3 is 3.00 bits per heavy atom. The van der Waals surface area contributed by atoms with Crippen LogP contribution in [0.5, 0.6) is 0 Å². The summed E-state index contributed by atoms with van der Waals surface area (Å²) in [5.74, 6) is 0.324. The molecular formula is C16H20N2O. The van der Waals surface area contributed by atoms with E-state index in [0.29, 0.717) is 5.92 Å². The maximum atomic E-state index is 10.5. The van der Waals surface area contributed by atoms with Crippen molar-refractivity contribution in [2.75, 3.05) is 13.1 Å². The van der Waals surface area contributed by atoms with E-state index in [2.05, 4.69) is 22.4 Å². The summed E-state index contributed by atoms with van der Waals surface area (Å²) in [5.41, 5.74) is 3.03. The number of rotatable bonds is 2. The van der Waals surface area contributed by atoms with E-state index in [1.807, 2.05) is 25.1 Å². The normalized spacial score (nSPS) is 21.5. The molecular weight excluding hydrogens is 236 g/mol. The molecule has 0 bridgehead atoms. The zero-order valence-electron chi connectivity index (χ0n) is 11.3. The third-order valence-corrected chi connectivity index (χ3v) is 3.98. The largest absolute Gasteiger partial charge is 0.388 e. The molecule has 0 radical (unpaired) electrons. The van der Waals surface area contributed by atoms with Crippen LogP contribution in [0.15, 0.2) is 30.3 Å². The molecule has 2 unspecified atom stereocenters. The molecule has 0 saturated carbocycles. The number of piperidine rings is 1. The predicted molar refractivity (Wildman–Crippen MR) is 77.0 cm³/mol. The number of aryl methyl sites for hydroxylation is 1. The lowest BCUT2D eigenvalue weighted by Crippen LogP contribution is -2.33. The number of benzene rings is 1. The number of fused-ring (bicyclic) bond motifs is 1. The molecule has 3 heteroatoms. The van der Waals surface area contributed by atoms with Gasteiger partial charge in [-0.2, -0.15) is 0 Å². The maximum absolute atomic E-state index is 10.5. The number of aliphatic hydroxyl groups excluding tert-OH is 1. The van der Waals surface area contributed by atoms with E-state index < -0.39 is 0 Å². The van der Waals surface area contributed by atoms with Gasteiger partial charge in [0.2, 0.25) is 0 Å². The van der Waals surface area contributed by atoms with E-state index >= 15 is 0 Å². The molecule has 1 aliphatic heterocycles. The first-order valence-corrected chi connectivity index (χ1v) is 7.00.